The fraction of sp³-hybridized carbons (Fsp3) is 0.654. The van der Waals surface area contributed by atoms with E-state index in [1.54, 1.807) is 18.4 Å². The van der Waals surface area contributed by atoms with E-state index in [1.807, 2.05) is 5.38 Å². The van der Waals surface area contributed by atoms with E-state index in [0.29, 0.717) is 11.6 Å². The Hall–Kier alpha value is -1.75. The summed E-state index contributed by atoms with van der Waals surface area (Å²) in [6.07, 6.45) is 2.04. The second kappa shape index (κ2) is 11.1. The minimum atomic E-state index is -0.845. The van der Waals surface area contributed by atoms with Gasteiger partial charge in [-0.1, -0.05) is 19.1 Å². The molecule has 192 valence electrons. The van der Waals surface area contributed by atoms with Gasteiger partial charge in [0.05, 0.1) is 24.9 Å². The number of nitrogens with one attached hydrogen (secondary N) is 1. The van der Waals surface area contributed by atoms with Crippen molar-refractivity contribution in [1.82, 2.24) is 9.88 Å². The summed E-state index contributed by atoms with van der Waals surface area (Å²) in [6, 6.07) is 6.41. The first-order valence-electron chi connectivity index (χ1n) is 12.7. The number of ether oxygens (including phenoxy) is 3. The standard InChI is InChI=1S/C26H38N4O4S/c1-17-6-8-33-23(10-17)24-15-29(7-9-34-24)12-19-4-5-21(18(2)11-19)27-25(31)22-16-35-26(28-22)30-13-20(14-30)32-3/h4-5,11,16-17,20,23-25,27,31H,6-10,12-15H2,1-3H3. The molecule has 5 rings (SSSR count). The topological polar surface area (TPSA) is 79.3 Å². The predicted molar refractivity (Wildman–Crippen MR) is 138 cm³/mol. The summed E-state index contributed by atoms with van der Waals surface area (Å²) in [5.41, 5.74) is 3.94. The van der Waals surface area contributed by atoms with Crippen LogP contribution in [0.15, 0.2) is 23.6 Å². The van der Waals surface area contributed by atoms with Gasteiger partial charge in [0.15, 0.2) is 11.4 Å². The van der Waals surface area contributed by atoms with Gasteiger partial charge in [0.25, 0.3) is 0 Å². The molecule has 0 aliphatic carbocycles. The minimum absolute atomic E-state index is 0.156. The molecule has 9 heteroatoms. The lowest BCUT2D eigenvalue weighted by Crippen LogP contribution is -2.51. The van der Waals surface area contributed by atoms with E-state index in [0.717, 1.165) is 75.2 Å². The zero-order valence-corrected chi connectivity index (χ0v) is 21.8. The van der Waals surface area contributed by atoms with E-state index in [9.17, 15) is 5.11 Å². The van der Waals surface area contributed by atoms with Gasteiger partial charge in [0.1, 0.15) is 5.69 Å². The number of hydrogen-bond donors (Lipinski definition) is 2. The van der Waals surface area contributed by atoms with Crippen LogP contribution < -0.4 is 10.2 Å². The van der Waals surface area contributed by atoms with Crippen molar-refractivity contribution in [2.24, 2.45) is 5.92 Å². The number of rotatable bonds is 8. The van der Waals surface area contributed by atoms with Gasteiger partial charge in [-0.05, 0) is 42.9 Å². The van der Waals surface area contributed by atoms with Crippen molar-refractivity contribution in [3.63, 3.8) is 0 Å². The number of thiazole rings is 1. The van der Waals surface area contributed by atoms with Gasteiger partial charge in [-0.15, -0.1) is 11.3 Å². The smallest absolute Gasteiger partial charge is 0.185 e. The third-order valence-corrected chi connectivity index (χ3v) is 8.32. The fourth-order valence-electron chi connectivity index (χ4n) is 5.12. The number of aliphatic hydroxyl groups excluding tert-OH is 1. The maximum atomic E-state index is 10.7. The van der Waals surface area contributed by atoms with Crippen LogP contribution in [0.5, 0.6) is 0 Å². The highest BCUT2D eigenvalue weighted by atomic mass is 32.1. The Morgan fingerprint density at radius 3 is 2.83 bits per heavy atom. The molecule has 3 fully saturated rings. The highest BCUT2D eigenvalue weighted by molar-refractivity contribution is 7.13. The highest BCUT2D eigenvalue weighted by Gasteiger charge is 2.32. The van der Waals surface area contributed by atoms with Gasteiger partial charge in [0.2, 0.25) is 0 Å². The zero-order valence-electron chi connectivity index (χ0n) is 21.0. The number of aromatic nitrogens is 1. The van der Waals surface area contributed by atoms with Crippen molar-refractivity contribution in [2.45, 2.75) is 57.8 Å². The van der Waals surface area contributed by atoms with Gasteiger partial charge >= 0.3 is 0 Å². The number of aryl methyl sites for hydroxylation is 1. The average Bonchev–Trinajstić information content (AvgIpc) is 3.30. The molecule has 2 N–H and O–H groups in total. The van der Waals surface area contributed by atoms with Gasteiger partial charge in [-0.3, -0.25) is 4.90 Å². The van der Waals surface area contributed by atoms with Crippen LogP contribution in [-0.4, -0.2) is 79.8 Å². The van der Waals surface area contributed by atoms with E-state index in [2.05, 4.69) is 52.1 Å². The van der Waals surface area contributed by atoms with Crippen LogP contribution in [0.2, 0.25) is 0 Å². The number of anilines is 2. The van der Waals surface area contributed by atoms with Crippen LogP contribution in [-0.2, 0) is 20.8 Å². The van der Waals surface area contributed by atoms with Crippen LogP contribution in [0.3, 0.4) is 0 Å². The summed E-state index contributed by atoms with van der Waals surface area (Å²) in [7, 11) is 1.74. The molecule has 4 unspecified atom stereocenters. The van der Waals surface area contributed by atoms with Crippen molar-refractivity contribution < 1.29 is 19.3 Å². The predicted octanol–water partition coefficient (Wildman–Crippen LogP) is 3.41. The molecule has 3 aliphatic rings. The van der Waals surface area contributed by atoms with Crippen LogP contribution in [0.1, 0.15) is 42.8 Å². The average molecular weight is 503 g/mol. The highest BCUT2D eigenvalue weighted by Crippen LogP contribution is 2.30. The molecule has 0 amide bonds. The Labute approximate surface area is 212 Å². The monoisotopic (exact) mass is 502 g/mol. The summed E-state index contributed by atoms with van der Waals surface area (Å²) in [6.45, 7) is 10.4. The first-order valence-corrected chi connectivity index (χ1v) is 13.6. The fourth-order valence-corrected chi connectivity index (χ4v) is 5.98. The summed E-state index contributed by atoms with van der Waals surface area (Å²) in [4.78, 5) is 9.26. The van der Waals surface area contributed by atoms with Crippen LogP contribution in [0.4, 0.5) is 10.8 Å². The van der Waals surface area contributed by atoms with Crippen LogP contribution in [0.25, 0.3) is 0 Å². The van der Waals surface area contributed by atoms with E-state index < -0.39 is 6.23 Å². The quantitative estimate of drug-likeness (QED) is 0.532. The summed E-state index contributed by atoms with van der Waals surface area (Å²) < 4.78 is 17.5. The number of hydrogen-bond acceptors (Lipinski definition) is 9. The van der Waals surface area contributed by atoms with Crippen molar-refractivity contribution in [3.8, 4) is 0 Å². The molecule has 2 aromatic rings. The Morgan fingerprint density at radius 2 is 2.06 bits per heavy atom. The molecule has 35 heavy (non-hydrogen) atoms. The Balaban J connectivity index is 1.15. The van der Waals surface area contributed by atoms with Gasteiger partial charge in [-0.2, -0.15) is 0 Å². The Bertz CT molecular complexity index is 982. The van der Waals surface area contributed by atoms with Crippen LogP contribution in [0, 0.1) is 12.8 Å². The Kier molecular flexibility index (Phi) is 7.91. The molecule has 8 nitrogen and oxygen atoms in total. The molecule has 0 bridgehead atoms. The summed E-state index contributed by atoms with van der Waals surface area (Å²) in [5.74, 6) is 0.709. The van der Waals surface area contributed by atoms with Crippen molar-refractivity contribution in [1.29, 1.82) is 0 Å². The SMILES string of the molecule is COC1CN(c2nc(C(O)Nc3ccc(CN4CCOC(C5CC(C)CCO5)C4)cc3C)cs2)C1. The summed E-state index contributed by atoms with van der Waals surface area (Å²) in [5, 5.41) is 16.8. The number of morpholine rings is 1. The molecule has 4 atom stereocenters. The van der Waals surface area contributed by atoms with E-state index in [1.165, 1.54) is 5.56 Å². The number of aliphatic hydroxyl groups is 1. The molecule has 4 heterocycles. The lowest BCUT2D eigenvalue weighted by Gasteiger charge is -2.39. The second-order valence-electron chi connectivity index (χ2n) is 10.2. The molecule has 0 radical (unpaired) electrons. The van der Waals surface area contributed by atoms with Gasteiger partial charge in [-0.25, -0.2) is 4.98 Å². The first kappa shape index (κ1) is 24.9. The zero-order chi connectivity index (χ0) is 24.4. The number of benzene rings is 1. The van der Waals surface area contributed by atoms with Crippen LogP contribution >= 0.6 is 11.3 Å². The molecule has 0 saturated carbocycles. The maximum Gasteiger partial charge on any atom is 0.185 e. The summed E-state index contributed by atoms with van der Waals surface area (Å²) >= 11 is 1.56. The van der Waals surface area contributed by atoms with Gasteiger partial charge in [0, 0.05) is 57.5 Å². The molecular weight excluding hydrogens is 464 g/mol. The largest absolute Gasteiger partial charge is 0.378 e. The first-order chi connectivity index (χ1) is 17.0. The van der Waals surface area contributed by atoms with E-state index in [4.69, 9.17) is 14.2 Å². The third kappa shape index (κ3) is 5.98. The van der Waals surface area contributed by atoms with Crippen molar-refractivity contribution in [3.05, 3.63) is 40.4 Å². The van der Waals surface area contributed by atoms with Gasteiger partial charge < -0.3 is 29.5 Å². The van der Waals surface area contributed by atoms with Crippen molar-refractivity contribution >= 4 is 22.2 Å². The van der Waals surface area contributed by atoms with E-state index in [-0.39, 0.29) is 18.3 Å². The molecule has 1 aromatic carbocycles. The van der Waals surface area contributed by atoms with Crippen molar-refractivity contribution in [2.75, 3.05) is 56.7 Å². The molecule has 0 spiro atoms. The number of methoxy groups -OCH3 is 1. The Morgan fingerprint density at radius 1 is 1.23 bits per heavy atom. The minimum Gasteiger partial charge on any atom is -0.378 e. The number of nitrogens with zero attached hydrogens (tertiary/aromatic N) is 3. The lowest BCUT2D eigenvalue weighted by atomic mass is 9.94. The second-order valence-corrected chi connectivity index (χ2v) is 11.0. The maximum absolute atomic E-state index is 10.7. The molecule has 3 saturated heterocycles. The van der Waals surface area contributed by atoms with E-state index >= 15 is 0 Å². The third-order valence-electron chi connectivity index (χ3n) is 7.40. The normalized spacial score (nSPS) is 27.0. The molecule has 1 aromatic heterocycles. The molecule has 3 aliphatic heterocycles. The molecular formula is C26H38N4O4S. The lowest BCUT2D eigenvalue weighted by molar-refractivity contribution is -0.133.